The highest BCUT2D eigenvalue weighted by Crippen LogP contribution is 2.35. The number of anilines is 1. The Morgan fingerprint density at radius 3 is 2.31 bits per heavy atom. The van der Waals surface area contributed by atoms with E-state index >= 15 is 0 Å². The second-order valence-corrected chi connectivity index (χ2v) is 8.62. The first kappa shape index (κ1) is 24.5. The van der Waals surface area contributed by atoms with Gasteiger partial charge in [-0.15, -0.1) is 0 Å². The molecule has 0 bridgehead atoms. The van der Waals surface area contributed by atoms with Crippen LogP contribution in [-0.2, 0) is 4.79 Å². The summed E-state index contributed by atoms with van der Waals surface area (Å²) in [5, 5.41) is 22.2. The van der Waals surface area contributed by atoms with Crippen LogP contribution in [0.25, 0.3) is 22.4 Å². The molecule has 0 aliphatic heterocycles. The van der Waals surface area contributed by atoms with Gasteiger partial charge in [0.05, 0.1) is 29.7 Å². The summed E-state index contributed by atoms with van der Waals surface area (Å²) in [4.78, 5) is 28.3. The van der Waals surface area contributed by atoms with Gasteiger partial charge in [-0.1, -0.05) is 54.2 Å². The first-order valence-corrected chi connectivity index (χ1v) is 11.9. The van der Waals surface area contributed by atoms with Crippen molar-refractivity contribution < 1.29 is 19.4 Å². The molecule has 0 saturated heterocycles. The number of nitrogens with one attached hydrogen (secondary N) is 1. The highest BCUT2D eigenvalue weighted by Gasteiger charge is 2.17. The Bertz CT molecular complexity index is 1430. The molecule has 0 fully saturated rings. The van der Waals surface area contributed by atoms with E-state index in [0.29, 0.717) is 33.3 Å². The number of nitriles is 1. The second-order valence-electron chi connectivity index (χ2n) is 7.66. The van der Waals surface area contributed by atoms with Crippen molar-refractivity contribution in [2.75, 3.05) is 18.2 Å². The van der Waals surface area contributed by atoms with Crippen LogP contribution >= 0.6 is 11.8 Å². The predicted octanol–water partition coefficient (Wildman–Crippen LogP) is 5.72. The van der Waals surface area contributed by atoms with Gasteiger partial charge in [-0.2, -0.15) is 5.26 Å². The topological polar surface area (TPSA) is 112 Å². The Morgan fingerprint density at radius 2 is 1.69 bits per heavy atom. The fraction of sp³-hybridized carbons (Fsp3) is 0.0714. The lowest BCUT2D eigenvalue weighted by atomic mass is 9.99. The van der Waals surface area contributed by atoms with Crippen molar-refractivity contribution >= 4 is 29.3 Å². The molecule has 178 valence electrons. The quantitative estimate of drug-likeness (QED) is 0.300. The van der Waals surface area contributed by atoms with E-state index in [1.54, 1.807) is 7.11 Å². The highest BCUT2D eigenvalue weighted by atomic mass is 32.2. The molecule has 0 saturated carbocycles. The van der Waals surface area contributed by atoms with Crippen molar-refractivity contribution in [3.63, 3.8) is 0 Å². The van der Waals surface area contributed by atoms with Crippen LogP contribution in [0.15, 0.2) is 90.0 Å². The van der Waals surface area contributed by atoms with Crippen LogP contribution in [0.3, 0.4) is 0 Å². The molecule has 0 radical (unpaired) electrons. The molecule has 0 spiro atoms. The summed E-state index contributed by atoms with van der Waals surface area (Å²) < 4.78 is 5.26. The number of amides is 1. The Kier molecular flexibility index (Phi) is 7.63. The molecule has 1 amide bonds. The lowest BCUT2D eigenvalue weighted by molar-refractivity contribution is -0.113. The highest BCUT2D eigenvalue weighted by molar-refractivity contribution is 8.00. The average molecular weight is 496 g/mol. The number of rotatable bonds is 8. The fourth-order valence-corrected chi connectivity index (χ4v) is 4.32. The summed E-state index contributed by atoms with van der Waals surface area (Å²) in [6, 6.07) is 27.1. The second kappa shape index (κ2) is 11.2. The van der Waals surface area contributed by atoms with Crippen LogP contribution in [0.1, 0.15) is 15.9 Å². The van der Waals surface area contributed by atoms with Gasteiger partial charge in [0.1, 0.15) is 16.8 Å². The molecule has 0 aliphatic rings. The lowest BCUT2D eigenvalue weighted by Gasteiger charge is -2.13. The largest absolute Gasteiger partial charge is 0.497 e. The third-order valence-electron chi connectivity index (χ3n) is 5.32. The van der Waals surface area contributed by atoms with Crippen molar-refractivity contribution in [2.45, 2.75) is 5.03 Å². The number of carboxylic acids is 1. The maximum atomic E-state index is 12.6. The third-order valence-corrected chi connectivity index (χ3v) is 6.30. The van der Waals surface area contributed by atoms with Gasteiger partial charge in [0.25, 0.3) is 0 Å². The lowest BCUT2D eigenvalue weighted by Crippen LogP contribution is -2.14. The van der Waals surface area contributed by atoms with Crippen LogP contribution in [0.4, 0.5) is 5.69 Å². The summed E-state index contributed by atoms with van der Waals surface area (Å²) >= 11 is 1.17. The summed E-state index contributed by atoms with van der Waals surface area (Å²) in [5.74, 6) is -0.616. The monoisotopic (exact) mass is 495 g/mol. The molecular weight excluding hydrogens is 474 g/mol. The van der Waals surface area contributed by atoms with Gasteiger partial charge >= 0.3 is 5.97 Å². The number of carboxylic acid groups (broad SMARTS) is 1. The standard InChI is InChI=1S/C28H21N3O4S/c1-35-22-13-9-18(10-14-22)23-15-25(19-5-3-2-4-6-19)31-27(24(23)16-29)36-17-26(32)30-21-11-7-20(8-12-21)28(33)34/h2-15H,17H2,1H3,(H,30,32)(H,33,34). The number of carbonyl (C=O) groups excluding carboxylic acids is 1. The van der Waals surface area contributed by atoms with Gasteiger partial charge in [0.15, 0.2) is 0 Å². The fourth-order valence-electron chi connectivity index (χ4n) is 3.52. The Hall–Kier alpha value is -4.61. The molecule has 3 aromatic carbocycles. The van der Waals surface area contributed by atoms with E-state index in [0.717, 1.165) is 11.1 Å². The minimum absolute atomic E-state index is 0.0165. The van der Waals surface area contributed by atoms with E-state index in [1.807, 2.05) is 60.7 Å². The normalized spacial score (nSPS) is 10.3. The number of aromatic carboxylic acids is 1. The average Bonchev–Trinajstić information content (AvgIpc) is 2.92. The van der Waals surface area contributed by atoms with Crippen LogP contribution in [0, 0.1) is 11.3 Å². The van der Waals surface area contributed by atoms with Gasteiger partial charge in [-0.05, 0) is 48.0 Å². The molecule has 0 aliphatic carbocycles. The van der Waals surface area contributed by atoms with Gasteiger partial charge < -0.3 is 15.2 Å². The number of benzene rings is 3. The van der Waals surface area contributed by atoms with Crippen molar-refractivity contribution in [1.29, 1.82) is 5.26 Å². The van der Waals surface area contributed by atoms with E-state index in [4.69, 9.17) is 14.8 Å². The summed E-state index contributed by atoms with van der Waals surface area (Å²) in [6.07, 6.45) is 0. The number of aromatic nitrogens is 1. The third kappa shape index (κ3) is 5.71. The van der Waals surface area contributed by atoms with E-state index < -0.39 is 5.97 Å². The van der Waals surface area contributed by atoms with E-state index in [9.17, 15) is 14.9 Å². The van der Waals surface area contributed by atoms with E-state index in [-0.39, 0.29) is 17.2 Å². The number of methoxy groups -OCH3 is 1. The van der Waals surface area contributed by atoms with Gasteiger partial charge in [-0.3, -0.25) is 4.79 Å². The SMILES string of the molecule is COc1ccc(-c2cc(-c3ccccc3)nc(SCC(=O)Nc3ccc(C(=O)O)cc3)c2C#N)cc1. The molecule has 2 N–H and O–H groups in total. The number of hydrogen-bond donors (Lipinski definition) is 2. The Morgan fingerprint density at radius 1 is 1.00 bits per heavy atom. The molecule has 7 nitrogen and oxygen atoms in total. The first-order chi connectivity index (χ1) is 17.5. The van der Waals surface area contributed by atoms with Crippen LogP contribution < -0.4 is 10.1 Å². The molecule has 4 rings (SSSR count). The number of pyridine rings is 1. The van der Waals surface area contributed by atoms with Gasteiger partial charge in [-0.25, -0.2) is 9.78 Å². The molecule has 1 heterocycles. The van der Waals surface area contributed by atoms with Crippen molar-refractivity contribution in [1.82, 2.24) is 4.98 Å². The Labute approximate surface area is 212 Å². The van der Waals surface area contributed by atoms with Crippen molar-refractivity contribution in [3.05, 3.63) is 96.1 Å². The first-order valence-electron chi connectivity index (χ1n) is 10.9. The molecule has 1 aromatic heterocycles. The summed E-state index contributed by atoms with van der Waals surface area (Å²) in [5.41, 5.74) is 4.11. The maximum Gasteiger partial charge on any atom is 0.335 e. The minimum Gasteiger partial charge on any atom is -0.497 e. The minimum atomic E-state index is -1.04. The molecule has 0 atom stereocenters. The zero-order valence-corrected chi connectivity index (χ0v) is 20.1. The number of thioether (sulfide) groups is 1. The zero-order chi connectivity index (χ0) is 25.5. The number of carbonyl (C=O) groups is 2. The van der Waals surface area contributed by atoms with Crippen molar-refractivity contribution in [3.8, 4) is 34.2 Å². The number of ether oxygens (including phenoxy) is 1. The van der Waals surface area contributed by atoms with E-state index in [2.05, 4.69) is 11.4 Å². The Balaban J connectivity index is 1.63. The number of hydrogen-bond acceptors (Lipinski definition) is 6. The summed E-state index contributed by atoms with van der Waals surface area (Å²) in [6.45, 7) is 0. The maximum absolute atomic E-state index is 12.6. The van der Waals surface area contributed by atoms with Crippen molar-refractivity contribution in [2.24, 2.45) is 0 Å². The molecule has 36 heavy (non-hydrogen) atoms. The van der Waals surface area contributed by atoms with E-state index in [1.165, 1.54) is 36.0 Å². The molecular formula is C28H21N3O4S. The molecule has 4 aromatic rings. The molecule has 0 unspecified atom stereocenters. The van der Waals surface area contributed by atoms with Gasteiger partial charge in [0, 0.05) is 16.8 Å². The van der Waals surface area contributed by atoms with Crippen LogP contribution in [-0.4, -0.2) is 34.8 Å². The predicted molar refractivity (Wildman–Crippen MR) is 139 cm³/mol. The molecule has 8 heteroatoms. The number of nitrogens with zero attached hydrogens (tertiary/aromatic N) is 2. The van der Waals surface area contributed by atoms with Crippen LogP contribution in [0.2, 0.25) is 0 Å². The van der Waals surface area contributed by atoms with Crippen LogP contribution in [0.5, 0.6) is 5.75 Å². The summed E-state index contributed by atoms with van der Waals surface area (Å²) in [7, 11) is 1.59. The zero-order valence-electron chi connectivity index (χ0n) is 19.3. The van der Waals surface area contributed by atoms with Gasteiger partial charge in [0.2, 0.25) is 5.91 Å². The smallest absolute Gasteiger partial charge is 0.335 e.